The second kappa shape index (κ2) is 12.2. The molecule has 0 amide bonds. The molecule has 4 aliphatic rings. The van der Waals surface area contributed by atoms with Crippen molar-refractivity contribution in [2.75, 3.05) is 6.61 Å². The van der Waals surface area contributed by atoms with Gasteiger partial charge in [0.05, 0.1) is 23.3 Å². The summed E-state index contributed by atoms with van der Waals surface area (Å²) in [4.78, 5) is 64.1. The third kappa shape index (κ3) is 5.85. The van der Waals surface area contributed by atoms with Crippen LogP contribution in [0.25, 0.3) is 0 Å². The molecule has 246 valence electrons. The van der Waals surface area contributed by atoms with Gasteiger partial charge in [-0.3, -0.25) is 24.0 Å². The third-order valence-corrected chi connectivity index (χ3v) is 10.2. The highest BCUT2D eigenvalue weighted by molar-refractivity contribution is 6.23. The average Bonchev–Trinajstić information content (AvgIpc) is 3.65. The Morgan fingerprint density at radius 3 is 2.11 bits per heavy atom. The van der Waals surface area contributed by atoms with Crippen LogP contribution in [0.2, 0.25) is 0 Å². The molecule has 0 aromatic heterocycles. The molecule has 2 saturated heterocycles. The van der Waals surface area contributed by atoms with Crippen LogP contribution in [0.3, 0.4) is 0 Å². The summed E-state index contributed by atoms with van der Waals surface area (Å²) in [5, 5.41) is 11.6. The van der Waals surface area contributed by atoms with E-state index in [2.05, 4.69) is 6.58 Å². The van der Waals surface area contributed by atoms with Crippen molar-refractivity contribution in [2.45, 2.75) is 121 Å². The fraction of sp³-hybridized carbons (Fsp3) is 0.774. The van der Waals surface area contributed by atoms with Gasteiger partial charge in [-0.05, 0) is 25.7 Å². The highest BCUT2D eigenvalue weighted by atomic mass is 35.5. The van der Waals surface area contributed by atoms with Crippen molar-refractivity contribution in [3.05, 3.63) is 12.2 Å². The minimum absolute atomic E-state index is 0.00513. The van der Waals surface area contributed by atoms with E-state index in [1.165, 1.54) is 20.8 Å². The monoisotopic (exact) mass is 642 g/mol. The molecule has 2 saturated carbocycles. The molecule has 12 nitrogen and oxygen atoms in total. The number of aliphatic hydroxyl groups is 1. The maximum absolute atomic E-state index is 13.1. The zero-order chi connectivity index (χ0) is 32.9. The molecule has 1 spiro atoms. The SMILES string of the molecule is C=C1CC[C@H](OC(C)=O)[C@@]2(C)[C@@H](OC(C)=O)C[C@@H](OC(=O)CC(C)C)[C@]3(CO3)[C@@H]2[C@H](OC(C)=O)[C@]2(O)[C@@H](C)C(=O)O[C@H]2[C@H]1Cl. The van der Waals surface area contributed by atoms with Crippen LogP contribution in [0.5, 0.6) is 0 Å². The molecule has 2 aliphatic heterocycles. The summed E-state index contributed by atoms with van der Waals surface area (Å²) >= 11 is 6.83. The molecule has 1 N–H and O–H groups in total. The predicted molar refractivity (Wildman–Crippen MR) is 153 cm³/mol. The predicted octanol–water partition coefficient (Wildman–Crippen LogP) is 2.78. The lowest BCUT2D eigenvalue weighted by molar-refractivity contribution is -0.260. The first-order chi connectivity index (χ1) is 20.4. The molecule has 0 bridgehead atoms. The van der Waals surface area contributed by atoms with E-state index < -0.39 is 94.2 Å². The highest BCUT2D eigenvalue weighted by Crippen LogP contribution is 2.63. The van der Waals surface area contributed by atoms with Gasteiger partial charge in [-0.1, -0.05) is 32.9 Å². The lowest BCUT2D eigenvalue weighted by Gasteiger charge is -2.58. The Morgan fingerprint density at radius 1 is 1.02 bits per heavy atom. The Labute approximate surface area is 262 Å². The van der Waals surface area contributed by atoms with Crippen LogP contribution in [0.4, 0.5) is 0 Å². The largest absolute Gasteiger partial charge is 0.462 e. The summed E-state index contributed by atoms with van der Waals surface area (Å²) in [5.74, 6) is -5.84. The van der Waals surface area contributed by atoms with Gasteiger partial charge in [0.25, 0.3) is 0 Å². The van der Waals surface area contributed by atoms with E-state index in [1.54, 1.807) is 6.92 Å². The molecule has 2 heterocycles. The van der Waals surface area contributed by atoms with Gasteiger partial charge in [-0.2, -0.15) is 0 Å². The van der Waals surface area contributed by atoms with E-state index in [4.69, 9.17) is 40.0 Å². The van der Waals surface area contributed by atoms with Crippen molar-refractivity contribution < 1.29 is 57.5 Å². The van der Waals surface area contributed by atoms with E-state index in [0.29, 0.717) is 5.57 Å². The summed E-state index contributed by atoms with van der Waals surface area (Å²) in [5.41, 5.74) is -4.69. The molecule has 44 heavy (non-hydrogen) atoms. The first-order valence-electron chi connectivity index (χ1n) is 15.0. The fourth-order valence-corrected chi connectivity index (χ4v) is 7.87. The summed E-state index contributed by atoms with van der Waals surface area (Å²) in [6.07, 6.45) is -5.75. The van der Waals surface area contributed by atoms with E-state index in [-0.39, 0.29) is 38.2 Å². The number of carbonyl (C=O) groups excluding carboxylic acids is 5. The van der Waals surface area contributed by atoms with Gasteiger partial charge in [0.1, 0.15) is 30.0 Å². The Morgan fingerprint density at radius 2 is 1.59 bits per heavy atom. The van der Waals surface area contributed by atoms with Gasteiger partial charge >= 0.3 is 29.8 Å². The number of fused-ring (bicyclic) bond motifs is 3. The highest BCUT2D eigenvalue weighted by Gasteiger charge is 2.78. The number of carbonyl (C=O) groups is 5. The van der Waals surface area contributed by atoms with Gasteiger partial charge in [0.15, 0.2) is 11.7 Å². The van der Waals surface area contributed by atoms with E-state index in [1.807, 2.05) is 13.8 Å². The standard InChI is InChI=1S/C31H43ClO12/c1-14(2)11-23(36)43-22-12-21(41-18(6)34)29(8)20(40-17(5)33)10-9-15(3)24(32)26-31(38,16(4)28(37)44-26)27(42-19(7)35)25(29)30(22)13-39-30/h14,16,20-22,24-27,38H,3,9-13H2,1-2,4-8H3/t16-,20-,21-,22+,24-,25+,26-,27-,29-,30+,31-/m0/s1. The quantitative estimate of drug-likeness (QED) is 0.148. The molecule has 2 aliphatic carbocycles. The van der Waals surface area contributed by atoms with Crippen molar-refractivity contribution >= 4 is 41.4 Å². The molecular weight excluding hydrogens is 600 g/mol. The minimum atomic E-state index is -2.26. The Hall–Kier alpha value is -2.70. The normalized spacial score (nSPS) is 41.6. The van der Waals surface area contributed by atoms with Gasteiger partial charge in [0, 0.05) is 39.5 Å². The maximum Gasteiger partial charge on any atom is 0.312 e. The second-order valence-corrected chi connectivity index (χ2v) is 13.7. The number of hydrogen-bond acceptors (Lipinski definition) is 12. The molecule has 0 radical (unpaired) electrons. The van der Waals surface area contributed by atoms with Crippen LogP contribution in [-0.2, 0) is 52.4 Å². The van der Waals surface area contributed by atoms with E-state index in [0.717, 1.165) is 6.92 Å². The summed E-state index contributed by atoms with van der Waals surface area (Å²) in [6.45, 7) is 14.5. The smallest absolute Gasteiger partial charge is 0.312 e. The molecule has 13 heteroatoms. The number of rotatable bonds is 6. The van der Waals surface area contributed by atoms with Crippen molar-refractivity contribution in [2.24, 2.45) is 23.2 Å². The number of epoxide rings is 1. The molecule has 4 rings (SSSR count). The average molecular weight is 643 g/mol. The van der Waals surface area contributed by atoms with Gasteiger partial charge < -0.3 is 33.5 Å². The van der Waals surface area contributed by atoms with Crippen LogP contribution < -0.4 is 0 Å². The summed E-state index contributed by atoms with van der Waals surface area (Å²) in [7, 11) is 0. The molecule has 11 atom stereocenters. The van der Waals surface area contributed by atoms with Crippen LogP contribution in [0.1, 0.15) is 74.1 Å². The topological polar surface area (TPSA) is 164 Å². The van der Waals surface area contributed by atoms with Gasteiger partial charge in [-0.15, -0.1) is 11.6 Å². The second-order valence-electron chi connectivity index (χ2n) is 13.2. The number of hydrogen-bond donors (Lipinski definition) is 1. The maximum atomic E-state index is 13.1. The third-order valence-electron chi connectivity index (χ3n) is 9.68. The Kier molecular flexibility index (Phi) is 9.51. The van der Waals surface area contributed by atoms with Crippen molar-refractivity contribution in [3.63, 3.8) is 0 Å². The van der Waals surface area contributed by atoms with E-state index >= 15 is 0 Å². The van der Waals surface area contributed by atoms with Crippen molar-refractivity contribution in [3.8, 4) is 0 Å². The number of alkyl halides is 1. The zero-order valence-electron chi connectivity index (χ0n) is 26.3. The first-order valence-corrected chi connectivity index (χ1v) is 15.4. The van der Waals surface area contributed by atoms with Crippen LogP contribution in [-0.4, -0.2) is 88.7 Å². The number of halogens is 1. The Bertz CT molecular complexity index is 1210. The zero-order valence-corrected chi connectivity index (χ0v) is 27.0. The fourth-order valence-electron chi connectivity index (χ4n) is 7.51. The Balaban J connectivity index is 2.03. The van der Waals surface area contributed by atoms with Gasteiger partial charge in [0.2, 0.25) is 0 Å². The van der Waals surface area contributed by atoms with Crippen molar-refractivity contribution in [1.29, 1.82) is 0 Å². The number of esters is 5. The minimum Gasteiger partial charge on any atom is -0.462 e. The molecular formula is C31H43ClO12. The first kappa shape index (κ1) is 34.2. The van der Waals surface area contributed by atoms with Crippen LogP contribution in [0.15, 0.2) is 12.2 Å². The lowest BCUT2D eigenvalue weighted by Crippen LogP contribution is -2.72. The molecule has 0 aromatic rings. The van der Waals surface area contributed by atoms with Crippen molar-refractivity contribution in [1.82, 2.24) is 0 Å². The van der Waals surface area contributed by atoms with Gasteiger partial charge in [-0.25, -0.2) is 0 Å². The molecule has 0 unspecified atom stereocenters. The molecule has 0 aromatic carbocycles. The summed E-state index contributed by atoms with van der Waals surface area (Å²) in [6, 6.07) is 0. The van der Waals surface area contributed by atoms with Crippen LogP contribution in [0, 0.1) is 23.2 Å². The van der Waals surface area contributed by atoms with E-state index in [9.17, 15) is 29.1 Å². The summed E-state index contributed by atoms with van der Waals surface area (Å²) < 4.78 is 35.6. The van der Waals surface area contributed by atoms with Crippen LogP contribution >= 0.6 is 11.6 Å². The molecule has 4 fully saturated rings. The number of ether oxygens (including phenoxy) is 6. The lowest BCUT2D eigenvalue weighted by atomic mass is 9.51.